The first kappa shape index (κ1) is 19.4. The van der Waals surface area contributed by atoms with Crippen LogP contribution in [0.3, 0.4) is 0 Å². The van der Waals surface area contributed by atoms with E-state index in [9.17, 15) is 14.0 Å². The van der Waals surface area contributed by atoms with Crippen molar-refractivity contribution in [1.29, 1.82) is 0 Å². The standard InChI is InChI=1S/C20H24FN5O3/c21-15-10-16(26(11-15)19(27)14-29-17-6-2-1-3-7-17)12-25-13-18(22-23-25)20(28)24-8-4-5-9-24/h1-3,6-7,13,15-16H,4-5,8-12,14H2/t15-,16-/m0/s1. The molecule has 2 aromatic rings. The van der Waals surface area contributed by atoms with Crippen LogP contribution < -0.4 is 4.74 Å². The fourth-order valence-corrected chi connectivity index (χ4v) is 3.87. The maximum Gasteiger partial charge on any atom is 0.276 e. The summed E-state index contributed by atoms with van der Waals surface area (Å²) in [6.45, 7) is 1.65. The van der Waals surface area contributed by atoms with E-state index in [4.69, 9.17) is 4.74 Å². The summed E-state index contributed by atoms with van der Waals surface area (Å²) in [6, 6.07) is 8.68. The minimum absolute atomic E-state index is 0.0376. The van der Waals surface area contributed by atoms with Gasteiger partial charge in [-0.05, 0) is 25.0 Å². The number of carbonyl (C=O) groups excluding carboxylic acids is 2. The van der Waals surface area contributed by atoms with Gasteiger partial charge in [0, 0.05) is 19.5 Å². The topological polar surface area (TPSA) is 80.6 Å². The number of nitrogens with zero attached hydrogens (tertiary/aromatic N) is 5. The number of benzene rings is 1. The molecule has 9 heteroatoms. The largest absolute Gasteiger partial charge is 0.484 e. The van der Waals surface area contributed by atoms with Crippen molar-refractivity contribution in [3.63, 3.8) is 0 Å². The van der Waals surface area contributed by atoms with Crippen LogP contribution in [0.1, 0.15) is 29.8 Å². The summed E-state index contributed by atoms with van der Waals surface area (Å²) in [6.07, 6.45) is 2.72. The highest BCUT2D eigenvalue weighted by Gasteiger charge is 2.36. The minimum Gasteiger partial charge on any atom is -0.484 e. The molecule has 3 heterocycles. The number of aromatic nitrogens is 3. The average molecular weight is 401 g/mol. The Morgan fingerprint density at radius 2 is 1.93 bits per heavy atom. The third kappa shape index (κ3) is 4.55. The zero-order valence-corrected chi connectivity index (χ0v) is 16.1. The molecule has 4 rings (SSSR count). The van der Waals surface area contributed by atoms with Crippen molar-refractivity contribution < 1.29 is 18.7 Å². The van der Waals surface area contributed by atoms with Gasteiger partial charge in [-0.2, -0.15) is 0 Å². The molecule has 2 fully saturated rings. The number of ether oxygens (including phenoxy) is 1. The normalized spacial score (nSPS) is 21.6. The molecule has 2 saturated heterocycles. The SMILES string of the molecule is O=C(c1cn(C[C@@H]2C[C@H](F)CN2C(=O)COc2ccccc2)nn1)N1CCCC1. The second-order valence-corrected chi connectivity index (χ2v) is 7.46. The van der Waals surface area contributed by atoms with Crippen molar-refractivity contribution >= 4 is 11.8 Å². The lowest BCUT2D eigenvalue weighted by molar-refractivity contribution is -0.134. The first-order valence-corrected chi connectivity index (χ1v) is 9.91. The average Bonchev–Trinajstić information content (AvgIpc) is 3.48. The van der Waals surface area contributed by atoms with Crippen LogP contribution in [0, 0.1) is 0 Å². The van der Waals surface area contributed by atoms with Crippen molar-refractivity contribution in [3.05, 3.63) is 42.2 Å². The summed E-state index contributed by atoms with van der Waals surface area (Å²) in [4.78, 5) is 28.3. The smallest absolute Gasteiger partial charge is 0.276 e. The predicted octanol–water partition coefficient (Wildman–Crippen LogP) is 1.53. The molecule has 0 bridgehead atoms. The van der Waals surface area contributed by atoms with Gasteiger partial charge >= 0.3 is 0 Å². The monoisotopic (exact) mass is 401 g/mol. The molecule has 29 heavy (non-hydrogen) atoms. The van der Waals surface area contributed by atoms with Crippen molar-refractivity contribution in [2.24, 2.45) is 0 Å². The van der Waals surface area contributed by atoms with E-state index >= 15 is 0 Å². The molecule has 0 radical (unpaired) electrons. The van der Waals surface area contributed by atoms with E-state index in [1.54, 1.807) is 23.2 Å². The molecule has 2 amide bonds. The van der Waals surface area contributed by atoms with E-state index < -0.39 is 6.17 Å². The number of likely N-dealkylation sites (tertiary alicyclic amines) is 2. The highest BCUT2D eigenvalue weighted by Crippen LogP contribution is 2.22. The summed E-state index contributed by atoms with van der Waals surface area (Å²) in [5.41, 5.74) is 0.284. The van der Waals surface area contributed by atoms with Crippen LogP contribution in [-0.4, -0.2) is 75.1 Å². The highest BCUT2D eigenvalue weighted by molar-refractivity contribution is 5.92. The molecule has 0 spiro atoms. The Morgan fingerprint density at radius 1 is 1.17 bits per heavy atom. The number of amides is 2. The lowest BCUT2D eigenvalue weighted by Gasteiger charge is -2.24. The van der Waals surface area contributed by atoms with Gasteiger partial charge in [-0.25, -0.2) is 9.07 Å². The third-order valence-electron chi connectivity index (χ3n) is 5.34. The number of halogens is 1. The number of alkyl halides is 1. The van der Waals surface area contributed by atoms with Crippen LogP contribution >= 0.6 is 0 Å². The van der Waals surface area contributed by atoms with Gasteiger partial charge in [0.05, 0.1) is 25.3 Å². The second kappa shape index (κ2) is 8.59. The Morgan fingerprint density at radius 3 is 2.69 bits per heavy atom. The van der Waals surface area contributed by atoms with Crippen LogP contribution in [-0.2, 0) is 11.3 Å². The first-order chi connectivity index (χ1) is 14.1. The number of para-hydroxylation sites is 1. The lowest BCUT2D eigenvalue weighted by atomic mass is 10.2. The summed E-state index contributed by atoms with van der Waals surface area (Å²) in [7, 11) is 0. The van der Waals surface area contributed by atoms with E-state index in [0.29, 0.717) is 5.75 Å². The second-order valence-electron chi connectivity index (χ2n) is 7.46. The number of carbonyl (C=O) groups is 2. The molecule has 0 saturated carbocycles. The van der Waals surface area contributed by atoms with Gasteiger partial charge in [-0.1, -0.05) is 23.4 Å². The van der Waals surface area contributed by atoms with Gasteiger partial charge < -0.3 is 14.5 Å². The quantitative estimate of drug-likeness (QED) is 0.733. The molecule has 0 N–H and O–H groups in total. The van der Waals surface area contributed by atoms with Gasteiger partial charge in [-0.15, -0.1) is 5.10 Å². The molecular formula is C20H24FN5O3. The maximum atomic E-state index is 14.0. The van der Waals surface area contributed by atoms with Crippen molar-refractivity contribution in [2.75, 3.05) is 26.2 Å². The fraction of sp³-hybridized carbons (Fsp3) is 0.500. The Bertz CT molecular complexity index is 853. The third-order valence-corrected chi connectivity index (χ3v) is 5.34. The van der Waals surface area contributed by atoms with Crippen molar-refractivity contribution in [3.8, 4) is 5.75 Å². The van der Waals surface area contributed by atoms with Crippen LogP contribution in [0.25, 0.3) is 0 Å². The summed E-state index contributed by atoms with van der Waals surface area (Å²) in [5.74, 6) is 0.190. The molecule has 1 aromatic heterocycles. The molecule has 2 atom stereocenters. The summed E-state index contributed by atoms with van der Waals surface area (Å²) >= 11 is 0. The number of rotatable bonds is 6. The van der Waals surface area contributed by atoms with E-state index in [1.807, 2.05) is 18.2 Å². The first-order valence-electron chi connectivity index (χ1n) is 9.91. The Labute approximate surface area is 168 Å². The Balaban J connectivity index is 1.36. The molecule has 8 nitrogen and oxygen atoms in total. The van der Waals surface area contributed by atoms with Crippen LogP contribution in [0.2, 0.25) is 0 Å². The zero-order chi connectivity index (χ0) is 20.2. The molecule has 154 valence electrons. The Kier molecular flexibility index (Phi) is 5.73. The van der Waals surface area contributed by atoms with Gasteiger partial charge in [0.15, 0.2) is 12.3 Å². The molecule has 1 aromatic carbocycles. The minimum atomic E-state index is -1.09. The van der Waals surface area contributed by atoms with E-state index in [1.165, 1.54) is 9.58 Å². The van der Waals surface area contributed by atoms with Crippen LogP contribution in [0.15, 0.2) is 36.5 Å². The van der Waals surface area contributed by atoms with Gasteiger partial charge in [0.1, 0.15) is 11.9 Å². The summed E-state index contributed by atoms with van der Waals surface area (Å²) in [5, 5.41) is 7.98. The van der Waals surface area contributed by atoms with E-state index in [-0.39, 0.29) is 49.7 Å². The lowest BCUT2D eigenvalue weighted by Crippen LogP contribution is -2.41. The van der Waals surface area contributed by atoms with Gasteiger partial charge in [0.25, 0.3) is 11.8 Å². The number of hydrogen-bond donors (Lipinski definition) is 0. The van der Waals surface area contributed by atoms with E-state index in [2.05, 4.69) is 10.3 Å². The molecule has 2 aliphatic rings. The zero-order valence-electron chi connectivity index (χ0n) is 16.1. The summed E-state index contributed by atoms with van der Waals surface area (Å²) < 4.78 is 21.1. The molecule has 2 aliphatic heterocycles. The molecule has 0 aliphatic carbocycles. The fourth-order valence-electron chi connectivity index (χ4n) is 3.87. The van der Waals surface area contributed by atoms with Crippen molar-refractivity contribution in [2.45, 2.75) is 38.0 Å². The number of hydrogen-bond acceptors (Lipinski definition) is 5. The Hall–Kier alpha value is -2.97. The maximum absolute atomic E-state index is 14.0. The van der Waals surface area contributed by atoms with Crippen molar-refractivity contribution in [1.82, 2.24) is 24.8 Å². The van der Waals surface area contributed by atoms with E-state index in [0.717, 1.165) is 25.9 Å². The van der Waals surface area contributed by atoms with Crippen LogP contribution in [0.5, 0.6) is 5.75 Å². The van der Waals surface area contributed by atoms with Crippen LogP contribution in [0.4, 0.5) is 4.39 Å². The predicted molar refractivity (Wildman–Crippen MR) is 102 cm³/mol. The molecular weight excluding hydrogens is 377 g/mol. The van der Waals surface area contributed by atoms with Gasteiger partial charge in [0.2, 0.25) is 0 Å². The molecule has 0 unspecified atom stereocenters. The highest BCUT2D eigenvalue weighted by atomic mass is 19.1. The van der Waals surface area contributed by atoms with Gasteiger partial charge in [-0.3, -0.25) is 9.59 Å².